The quantitative estimate of drug-likeness (QED) is 0.785. The molecule has 3 atom stereocenters. The van der Waals surface area contributed by atoms with Gasteiger partial charge in [0.15, 0.2) is 5.92 Å². The lowest BCUT2D eigenvalue weighted by molar-refractivity contribution is -0.165. The molecular weight excluding hydrogens is 219 g/mol. The monoisotopic (exact) mass is 235 g/mol. The van der Waals surface area contributed by atoms with E-state index in [1.807, 2.05) is 13.8 Å². The van der Waals surface area contributed by atoms with Gasteiger partial charge in [-0.05, 0) is 13.8 Å². The first-order chi connectivity index (χ1) is 7.34. The number of halogens is 3. The lowest BCUT2D eigenvalue weighted by atomic mass is 10.1. The Labute approximate surface area is 93.2 Å². The van der Waals surface area contributed by atoms with E-state index in [9.17, 15) is 13.2 Å². The fourth-order valence-corrected chi connectivity index (χ4v) is 1.80. The molecule has 0 spiro atoms. The van der Waals surface area contributed by atoms with Crippen molar-refractivity contribution in [2.24, 2.45) is 5.92 Å². The molecule has 0 aromatic heterocycles. The van der Waals surface area contributed by atoms with Gasteiger partial charge in [0.1, 0.15) is 0 Å². The molecule has 0 saturated carbocycles. The maximum absolute atomic E-state index is 12.4. The van der Waals surface area contributed by atoms with Gasteiger partial charge >= 0.3 is 6.18 Å². The van der Waals surface area contributed by atoms with E-state index in [1.54, 1.807) is 4.90 Å². The molecule has 1 N–H and O–H groups in total. The number of alkyl halides is 3. The third kappa shape index (κ3) is 3.35. The Bertz CT molecular complexity index is 271. The van der Waals surface area contributed by atoms with E-state index in [-0.39, 0.29) is 18.6 Å². The van der Waals surface area contributed by atoms with E-state index in [1.165, 1.54) is 6.07 Å². The minimum atomic E-state index is -4.43. The van der Waals surface area contributed by atoms with Crippen molar-refractivity contribution in [1.82, 2.24) is 10.2 Å². The van der Waals surface area contributed by atoms with Crippen LogP contribution in [0.15, 0.2) is 0 Å². The van der Waals surface area contributed by atoms with Gasteiger partial charge in [-0.1, -0.05) is 0 Å². The van der Waals surface area contributed by atoms with Gasteiger partial charge in [-0.2, -0.15) is 18.4 Å². The number of nitrogens with zero attached hydrogens (tertiary/aromatic N) is 2. The Morgan fingerprint density at radius 2 is 2.12 bits per heavy atom. The molecule has 92 valence electrons. The summed E-state index contributed by atoms with van der Waals surface area (Å²) in [5.41, 5.74) is 0. The lowest BCUT2D eigenvalue weighted by Crippen LogP contribution is -2.56. The zero-order valence-corrected chi connectivity index (χ0v) is 9.38. The molecule has 1 aliphatic rings. The van der Waals surface area contributed by atoms with Crippen LogP contribution in [0.1, 0.15) is 13.8 Å². The van der Waals surface area contributed by atoms with E-state index >= 15 is 0 Å². The second-order valence-corrected chi connectivity index (χ2v) is 4.34. The van der Waals surface area contributed by atoms with Crippen LogP contribution in [-0.2, 0) is 0 Å². The fraction of sp³-hybridized carbons (Fsp3) is 0.900. The zero-order valence-electron chi connectivity index (χ0n) is 9.38. The molecule has 1 heterocycles. The SMILES string of the molecule is CC1CN(CC(C#N)C(F)(F)F)C(C)CN1. The van der Waals surface area contributed by atoms with Gasteiger partial charge in [0.2, 0.25) is 0 Å². The summed E-state index contributed by atoms with van der Waals surface area (Å²) in [5, 5.41) is 11.7. The van der Waals surface area contributed by atoms with Gasteiger partial charge in [-0.3, -0.25) is 4.90 Å². The first-order valence-electron chi connectivity index (χ1n) is 5.28. The Balaban J connectivity index is 2.61. The number of nitrogens with one attached hydrogen (secondary N) is 1. The predicted molar refractivity (Wildman–Crippen MR) is 53.7 cm³/mol. The van der Waals surface area contributed by atoms with Crippen molar-refractivity contribution in [3.8, 4) is 6.07 Å². The standard InChI is InChI=1S/C10H16F3N3/c1-7-5-16(8(2)4-15-7)6-9(3-14)10(11,12)13/h7-9,15H,4-6H2,1-2H3. The molecule has 1 fully saturated rings. The molecule has 0 amide bonds. The summed E-state index contributed by atoms with van der Waals surface area (Å²) in [6.07, 6.45) is -4.43. The molecule has 16 heavy (non-hydrogen) atoms. The van der Waals surface area contributed by atoms with Gasteiger partial charge in [0.05, 0.1) is 6.07 Å². The number of rotatable bonds is 2. The van der Waals surface area contributed by atoms with Crippen LogP contribution in [0.3, 0.4) is 0 Å². The zero-order chi connectivity index (χ0) is 12.3. The van der Waals surface area contributed by atoms with Crippen molar-refractivity contribution in [2.45, 2.75) is 32.1 Å². The second-order valence-electron chi connectivity index (χ2n) is 4.34. The lowest BCUT2D eigenvalue weighted by Gasteiger charge is -2.38. The van der Waals surface area contributed by atoms with E-state index in [0.717, 1.165) is 0 Å². The molecule has 1 saturated heterocycles. The maximum Gasteiger partial charge on any atom is 0.405 e. The summed E-state index contributed by atoms with van der Waals surface area (Å²) in [6, 6.07) is 1.54. The minimum absolute atomic E-state index is 0.0365. The Kier molecular flexibility index (Phi) is 4.16. The van der Waals surface area contributed by atoms with E-state index in [4.69, 9.17) is 5.26 Å². The van der Waals surface area contributed by atoms with Crippen LogP contribution in [0.2, 0.25) is 0 Å². The molecule has 0 bridgehead atoms. The van der Waals surface area contributed by atoms with Crippen molar-refractivity contribution < 1.29 is 13.2 Å². The average Bonchev–Trinajstić information content (AvgIpc) is 2.17. The molecular formula is C10H16F3N3. The molecule has 0 aromatic rings. The summed E-state index contributed by atoms with van der Waals surface area (Å²) in [6.45, 7) is 4.78. The largest absolute Gasteiger partial charge is 0.405 e. The smallest absolute Gasteiger partial charge is 0.311 e. The highest BCUT2D eigenvalue weighted by atomic mass is 19.4. The fourth-order valence-electron chi connectivity index (χ4n) is 1.80. The summed E-state index contributed by atoms with van der Waals surface area (Å²) in [7, 11) is 0. The molecule has 3 unspecified atom stereocenters. The number of piperazine rings is 1. The van der Waals surface area contributed by atoms with Gasteiger partial charge in [-0.25, -0.2) is 0 Å². The van der Waals surface area contributed by atoms with Crippen molar-refractivity contribution in [2.75, 3.05) is 19.6 Å². The Morgan fingerprint density at radius 3 is 2.62 bits per heavy atom. The van der Waals surface area contributed by atoms with Crippen molar-refractivity contribution in [1.29, 1.82) is 5.26 Å². The Hall–Kier alpha value is -0.800. The molecule has 1 rings (SSSR count). The molecule has 6 heteroatoms. The van der Waals surface area contributed by atoms with Gasteiger partial charge in [-0.15, -0.1) is 0 Å². The highest BCUT2D eigenvalue weighted by Crippen LogP contribution is 2.27. The van der Waals surface area contributed by atoms with Crippen LogP contribution in [0, 0.1) is 17.2 Å². The van der Waals surface area contributed by atoms with Crippen LogP contribution in [0.25, 0.3) is 0 Å². The first kappa shape index (κ1) is 13.3. The van der Waals surface area contributed by atoms with Gasteiger partial charge in [0.25, 0.3) is 0 Å². The highest BCUT2D eigenvalue weighted by molar-refractivity contribution is 4.93. The highest BCUT2D eigenvalue weighted by Gasteiger charge is 2.42. The van der Waals surface area contributed by atoms with Crippen LogP contribution in [0.5, 0.6) is 0 Å². The Morgan fingerprint density at radius 1 is 1.50 bits per heavy atom. The van der Waals surface area contributed by atoms with E-state index in [0.29, 0.717) is 13.1 Å². The van der Waals surface area contributed by atoms with Crippen molar-refractivity contribution in [3.63, 3.8) is 0 Å². The van der Waals surface area contributed by atoms with E-state index < -0.39 is 12.1 Å². The second kappa shape index (κ2) is 5.02. The topological polar surface area (TPSA) is 39.1 Å². The third-order valence-corrected chi connectivity index (χ3v) is 2.86. The molecule has 0 aromatic carbocycles. The third-order valence-electron chi connectivity index (χ3n) is 2.86. The summed E-state index contributed by atoms with van der Waals surface area (Å²) in [4.78, 5) is 1.72. The molecule has 3 nitrogen and oxygen atoms in total. The van der Waals surface area contributed by atoms with Crippen LogP contribution < -0.4 is 5.32 Å². The minimum Gasteiger partial charge on any atom is -0.311 e. The van der Waals surface area contributed by atoms with E-state index in [2.05, 4.69) is 5.32 Å². The van der Waals surface area contributed by atoms with Gasteiger partial charge < -0.3 is 5.32 Å². The summed E-state index contributed by atoms with van der Waals surface area (Å²) >= 11 is 0. The first-order valence-corrected chi connectivity index (χ1v) is 5.28. The van der Waals surface area contributed by atoms with Crippen molar-refractivity contribution in [3.05, 3.63) is 0 Å². The average molecular weight is 235 g/mol. The van der Waals surface area contributed by atoms with Crippen molar-refractivity contribution >= 4 is 0 Å². The summed E-state index contributed by atoms with van der Waals surface area (Å²) < 4.78 is 37.3. The number of hydrogen-bond donors (Lipinski definition) is 1. The molecule has 0 aliphatic carbocycles. The summed E-state index contributed by atoms with van der Waals surface area (Å²) in [5.74, 6) is -1.89. The normalized spacial score (nSPS) is 29.8. The molecule has 0 radical (unpaired) electrons. The maximum atomic E-state index is 12.4. The molecule has 1 aliphatic heterocycles. The number of nitriles is 1. The number of hydrogen-bond acceptors (Lipinski definition) is 3. The predicted octanol–water partition coefficient (Wildman–Crippen LogP) is 1.37. The van der Waals surface area contributed by atoms with Crippen LogP contribution >= 0.6 is 0 Å². The van der Waals surface area contributed by atoms with Crippen LogP contribution in [-0.4, -0.2) is 42.8 Å². The van der Waals surface area contributed by atoms with Gasteiger partial charge in [0, 0.05) is 31.7 Å². The van der Waals surface area contributed by atoms with Crippen LogP contribution in [0.4, 0.5) is 13.2 Å².